The molecule has 24 heavy (non-hydrogen) atoms. The Morgan fingerprint density at radius 2 is 1.67 bits per heavy atom. The van der Waals surface area contributed by atoms with E-state index in [9.17, 15) is 4.79 Å². The van der Waals surface area contributed by atoms with Crippen LogP contribution in [0.3, 0.4) is 0 Å². The predicted octanol–water partition coefficient (Wildman–Crippen LogP) is -1.15. The van der Waals surface area contributed by atoms with Gasteiger partial charge in [-0.05, 0) is 17.4 Å². The lowest BCUT2D eigenvalue weighted by Crippen LogP contribution is -2.51. The number of tetrazole rings is 1. The molecule has 0 bridgehead atoms. The van der Waals surface area contributed by atoms with Crippen LogP contribution in [0.4, 0.5) is 0 Å². The maximum absolute atomic E-state index is 12.3. The van der Waals surface area contributed by atoms with Crippen molar-refractivity contribution in [1.82, 2.24) is 34.9 Å². The van der Waals surface area contributed by atoms with Crippen molar-refractivity contribution >= 4 is 5.91 Å². The second-order valence-electron chi connectivity index (χ2n) is 6.38. The van der Waals surface area contributed by atoms with Gasteiger partial charge >= 0.3 is 0 Å². The summed E-state index contributed by atoms with van der Waals surface area (Å²) >= 11 is 0. The minimum Gasteiger partial charge on any atom is -0.379 e. The highest BCUT2D eigenvalue weighted by Crippen LogP contribution is 2.06. The molecule has 9 nitrogen and oxygen atoms in total. The van der Waals surface area contributed by atoms with Crippen molar-refractivity contribution in [2.75, 3.05) is 65.6 Å². The molecule has 1 aromatic heterocycles. The van der Waals surface area contributed by atoms with Crippen LogP contribution < -0.4 is 0 Å². The van der Waals surface area contributed by atoms with Crippen LogP contribution in [0.2, 0.25) is 0 Å². The van der Waals surface area contributed by atoms with Gasteiger partial charge in [-0.15, -0.1) is 5.10 Å². The number of rotatable bonds is 6. The molecule has 0 unspecified atom stereocenters. The molecule has 134 valence electrons. The zero-order chi connectivity index (χ0) is 16.8. The summed E-state index contributed by atoms with van der Waals surface area (Å²) in [4.78, 5) is 19.2. The van der Waals surface area contributed by atoms with E-state index >= 15 is 0 Å². The Balaban J connectivity index is 1.33. The van der Waals surface area contributed by atoms with Crippen LogP contribution in [-0.4, -0.2) is 106 Å². The SMILES string of the molecule is Cc1nnnn1CCC(=O)N1CCN(CCN2CCOCC2)CC1. The summed E-state index contributed by atoms with van der Waals surface area (Å²) < 4.78 is 7.05. The Morgan fingerprint density at radius 3 is 2.29 bits per heavy atom. The molecular formula is C15H27N7O2. The number of carbonyl (C=O) groups is 1. The summed E-state index contributed by atoms with van der Waals surface area (Å²) in [7, 11) is 0. The summed E-state index contributed by atoms with van der Waals surface area (Å²) in [5.74, 6) is 0.938. The van der Waals surface area contributed by atoms with Crippen LogP contribution in [0.5, 0.6) is 0 Å². The highest BCUT2D eigenvalue weighted by atomic mass is 16.5. The molecule has 2 saturated heterocycles. The number of carbonyl (C=O) groups excluding carboxylic acids is 1. The van der Waals surface area contributed by atoms with Gasteiger partial charge in [0.1, 0.15) is 5.82 Å². The maximum atomic E-state index is 12.3. The first-order valence-corrected chi connectivity index (χ1v) is 8.75. The van der Waals surface area contributed by atoms with Gasteiger partial charge in [-0.3, -0.25) is 14.6 Å². The van der Waals surface area contributed by atoms with Crippen LogP contribution in [0.15, 0.2) is 0 Å². The van der Waals surface area contributed by atoms with E-state index in [1.807, 2.05) is 11.8 Å². The van der Waals surface area contributed by atoms with Crippen molar-refractivity contribution in [3.63, 3.8) is 0 Å². The van der Waals surface area contributed by atoms with Crippen molar-refractivity contribution < 1.29 is 9.53 Å². The standard InChI is InChI=1S/C15H27N7O2/c1-14-16-17-18-22(14)3-2-15(23)21-8-6-19(7-9-21)4-5-20-10-12-24-13-11-20/h2-13H2,1H3. The van der Waals surface area contributed by atoms with Gasteiger partial charge in [0.05, 0.1) is 19.8 Å². The number of amides is 1. The maximum Gasteiger partial charge on any atom is 0.224 e. The number of morpholine rings is 1. The molecule has 0 spiro atoms. The van der Waals surface area contributed by atoms with E-state index < -0.39 is 0 Å². The fraction of sp³-hybridized carbons (Fsp3) is 0.867. The zero-order valence-corrected chi connectivity index (χ0v) is 14.4. The van der Waals surface area contributed by atoms with Crippen molar-refractivity contribution in [2.45, 2.75) is 19.9 Å². The number of hydrogen-bond acceptors (Lipinski definition) is 7. The van der Waals surface area contributed by atoms with Crippen molar-refractivity contribution in [3.8, 4) is 0 Å². The monoisotopic (exact) mass is 337 g/mol. The highest BCUT2D eigenvalue weighted by molar-refractivity contribution is 5.76. The van der Waals surface area contributed by atoms with Crippen molar-refractivity contribution in [2.24, 2.45) is 0 Å². The smallest absolute Gasteiger partial charge is 0.224 e. The van der Waals surface area contributed by atoms with Crippen LogP contribution in [0, 0.1) is 6.92 Å². The third-order valence-corrected chi connectivity index (χ3v) is 4.81. The summed E-state index contributed by atoms with van der Waals surface area (Å²) in [6.45, 7) is 11.9. The Kier molecular flexibility index (Phi) is 6.11. The largest absolute Gasteiger partial charge is 0.379 e. The molecule has 2 aliphatic rings. The lowest BCUT2D eigenvalue weighted by molar-refractivity contribution is -0.133. The number of hydrogen-bond donors (Lipinski definition) is 0. The summed E-state index contributed by atoms with van der Waals surface area (Å²) in [5, 5.41) is 11.3. The molecule has 3 heterocycles. The molecule has 3 rings (SSSR count). The fourth-order valence-corrected chi connectivity index (χ4v) is 3.14. The van der Waals surface area contributed by atoms with Crippen molar-refractivity contribution in [1.29, 1.82) is 0 Å². The van der Waals surface area contributed by atoms with Crippen LogP contribution >= 0.6 is 0 Å². The quantitative estimate of drug-likeness (QED) is 0.648. The first-order chi connectivity index (χ1) is 11.7. The number of nitrogens with zero attached hydrogens (tertiary/aromatic N) is 7. The molecular weight excluding hydrogens is 310 g/mol. The molecule has 0 radical (unpaired) electrons. The number of aromatic nitrogens is 4. The summed E-state index contributed by atoms with van der Waals surface area (Å²) in [5.41, 5.74) is 0. The van der Waals surface area contributed by atoms with E-state index in [1.54, 1.807) is 4.68 Å². The normalized spacial score (nSPS) is 20.5. The van der Waals surface area contributed by atoms with E-state index in [2.05, 4.69) is 25.3 Å². The van der Waals surface area contributed by atoms with Crippen LogP contribution in [0.1, 0.15) is 12.2 Å². The van der Waals surface area contributed by atoms with Crippen LogP contribution in [-0.2, 0) is 16.1 Å². The second kappa shape index (κ2) is 8.50. The van der Waals surface area contributed by atoms with Gasteiger partial charge in [-0.25, -0.2) is 4.68 Å². The molecule has 0 N–H and O–H groups in total. The van der Waals surface area contributed by atoms with Gasteiger partial charge in [0, 0.05) is 58.8 Å². The summed E-state index contributed by atoms with van der Waals surface area (Å²) in [6.07, 6.45) is 0.458. The first kappa shape index (κ1) is 17.2. The lowest BCUT2D eigenvalue weighted by Gasteiger charge is -2.36. The molecule has 2 aliphatic heterocycles. The molecule has 0 aromatic carbocycles. The van der Waals surface area contributed by atoms with E-state index in [-0.39, 0.29) is 5.91 Å². The molecule has 0 atom stereocenters. The molecule has 0 aliphatic carbocycles. The van der Waals surface area contributed by atoms with Gasteiger partial charge in [0.2, 0.25) is 5.91 Å². The van der Waals surface area contributed by atoms with Gasteiger partial charge in [0.25, 0.3) is 0 Å². The number of piperazine rings is 1. The van der Waals surface area contributed by atoms with Gasteiger partial charge in [0.15, 0.2) is 0 Å². The summed E-state index contributed by atoms with van der Waals surface area (Å²) in [6, 6.07) is 0. The number of aryl methyl sites for hydroxylation is 2. The second-order valence-corrected chi connectivity index (χ2v) is 6.38. The Bertz CT molecular complexity index is 522. The van der Waals surface area contributed by atoms with Gasteiger partial charge in [-0.2, -0.15) is 0 Å². The minimum absolute atomic E-state index is 0.192. The molecule has 2 fully saturated rings. The van der Waals surface area contributed by atoms with Gasteiger partial charge < -0.3 is 9.64 Å². The molecule has 0 saturated carbocycles. The van der Waals surface area contributed by atoms with Crippen LogP contribution in [0.25, 0.3) is 0 Å². The predicted molar refractivity (Wildman–Crippen MR) is 87.5 cm³/mol. The minimum atomic E-state index is 0.192. The average Bonchev–Trinajstić information content (AvgIpc) is 3.04. The van der Waals surface area contributed by atoms with E-state index in [0.29, 0.717) is 13.0 Å². The molecule has 9 heteroatoms. The zero-order valence-electron chi connectivity index (χ0n) is 14.4. The van der Waals surface area contributed by atoms with Gasteiger partial charge in [-0.1, -0.05) is 0 Å². The molecule has 1 amide bonds. The number of ether oxygens (including phenoxy) is 1. The lowest BCUT2D eigenvalue weighted by atomic mass is 10.2. The third kappa shape index (κ3) is 4.71. The Hall–Kier alpha value is -1.58. The Morgan fingerprint density at radius 1 is 1.00 bits per heavy atom. The van der Waals surface area contributed by atoms with E-state index in [0.717, 1.165) is 71.4 Å². The molecule has 1 aromatic rings. The fourth-order valence-electron chi connectivity index (χ4n) is 3.14. The average molecular weight is 337 g/mol. The topological polar surface area (TPSA) is 79.6 Å². The van der Waals surface area contributed by atoms with E-state index in [4.69, 9.17) is 4.74 Å². The first-order valence-electron chi connectivity index (χ1n) is 8.75. The Labute approximate surface area is 142 Å². The highest BCUT2D eigenvalue weighted by Gasteiger charge is 2.21. The van der Waals surface area contributed by atoms with Crippen molar-refractivity contribution in [3.05, 3.63) is 5.82 Å². The van der Waals surface area contributed by atoms with E-state index in [1.165, 1.54) is 0 Å². The third-order valence-electron chi connectivity index (χ3n) is 4.81.